The van der Waals surface area contributed by atoms with Gasteiger partial charge in [-0.15, -0.1) is 0 Å². The number of carboxylic acids is 1. The van der Waals surface area contributed by atoms with Crippen LogP contribution in [0, 0.1) is 5.92 Å². The molecule has 0 aromatic carbocycles. The molecule has 0 aliphatic rings. The van der Waals surface area contributed by atoms with Gasteiger partial charge in [-0.3, -0.25) is 9.59 Å². The fourth-order valence-corrected chi connectivity index (χ4v) is 1.43. The van der Waals surface area contributed by atoms with Crippen molar-refractivity contribution in [3.05, 3.63) is 23.9 Å². The summed E-state index contributed by atoms with van der Waals surface area (Å²) in [6, 6.07) is 3.32. The lowest BCUT2D eigenvalue weighted by molar-refractivity contribution is -0.141. The zero-order valence-corrected chi connectivity index (χ0v) is 11.4. The van der Waals surface area contributed by atoms with E-state index >= 15 is 0 Å². The average molecular weight is 265 g/mol. The van der Waals surface area contributed by atoms with Gasteiger partial charge in [-0.2, -0.15) is 0 Å². The molecule has 0 saturated heterocycles. The number of nitrogens with one attached hydrogen (secondary N) is 1. The quantitative estimate of drug-likeness (QED) is 0.801. The second-order valence-electron chi connectivity index (χ2n) is 4.58. The number of hydrogen-bond donors (Lipinski definition) is 2. The number of aliphatic carboxylic acids is 1. The summed E-state index contributed by atoms with van der Waals surface area (Å²) in [4.78, 5) is 28.4. The molecule has 1 aromatic heterocycles. The van der Waals surface area contributed by atoms with Gasteiger partial charge < -0.3 is 15.3 Å². The molecule has 0 fully saturated rings. The second-order valence-corrected chi connectivity index (χ2v) is 4.58. The number of carbonyl (C=O) groups is 2. The minimum Gasteiger partial charge on any atom is -0.481 e. The van der Waals surface area contributed by atoms with E-state index in [0.29, 0.717) is 24.3 Å². The second kappa shape index (κ2) is 6.72. The number of carbonyl (C=O) groups excluding carboxylic acids is 1. The Labute approximate surface area is 112 Å². The van der Waals surface area contributed by atoms with E-state index in [1.807, 2.05) is 19.0 Å². The van der Waals surface area contributed by atoms with Gasteiger partial charge in [0.2, 0.25) is 0 Å². The Bertz CT molecular complexity index is 460. The minimum atomic E-state index is -0.854. The highest BCUT2D eigenvalue weighted by molar-refractivity contribution is 5.94. The molecular formula is C13H19N3O3. The van der Waals surface area contributed by atoms with Crippen LogP contribution in [0.3, 0.4) is 0 Å². The van der Waals surface area contributed by atoms with Crippen LogP contribution in [0.25, 0.3) is 0 Å². The Hall–Kier alpha value is -2.11. The molecule has 0 aliphatic carbocycles. The predicted molar refractivity (Wildman–Crippen MR) is 72.3 cm³/mol. The molecule has 6 heteroatoms. The highest BCUT2D eigenvalue weighted by atomic mass is 16.4. The fraction of sp³-hybridized carbons (Fsp3) is 0.462. The highest BCUT2D eigenvalue weighted by Gasteiger charge is 2.12. The van der Waals surface area contributed by atoms with E-state index in [4.69, 9.17) is 5.11 Å². The van der Waals surface area contributed by atoms with Crippen LogP contribution in [0.4, 0.5) is 5.82 Å². The lowest BCUT2D eigenvalue weighted by atomic mass is 10.1. The van der Waals surface area contributed by atoms with Gasteiger partial charge in [0.1, 0.15) is 5.82 Å². The van der Waals surface area contributed by atoms with E-state index < -0.39 is 11.9 Å². The molecule has 1 heterocycles. The third-order valence-corrected chi connectivity index (χ3v) is 2.75. The van der Waals surface area contributed by atoms with Crippen molar-refractivity contribution < 1.29 is 14.7 Å². The molecule has 19 heavy (non-hydrogen) atoms. The maximum Gasteiger partial charge on any atom is 0.306 e. The first-order valence-electron chi connectivity index (χ1n) is 6.06. The third-order valence-electron chi connectivity index (χ3n) is 2.75. The van der Waals surface area contributed by atoms with Crippen LogP contribution in [0.1, 0.15) is 23.7 Å². The van der Waals surface area contributed by atoms with Gasteiger partial charge in [-0.25, -0.2) is 4.98 Å². The normalized spacial score (nSPS) is 11.7. The van der Waals surface area contributed by atoms with Crippen LogP contribution in [0.2, 0.25) is 0 Å². The maximum absolute atomic E-state index is 11.9. The summed E-state index contributed by atoms with van der Waals surface area (Å²) in [5.41, 5.74) is 0.515. The molecule has 0 aliphatic heterocycles. The summed E-state index contributed by atoms with van der Waals surface area (Å²) < 4.78 is 0. The molecule has 1 unspecified atom stereocenters. The van der Waals surface area contributed by atoms with Crippen molar-refractivity contribution in [2.75, 3.05) is 25.5 Å². The Morgan fingerprint density at radius 3 is 2.74 bits per heavy atom. The van der Waals surface area contributed by atoms with Gasteiger partial charge in [-0.05, 0) is 18.6 Å². The SMILES string of the molecule is CC(CCNC(=O)c1ccnc(N(C)C)c1)C(=O)O. The van der Waals surface area contributed by atoms with Crippen LogP contribution in [-0.4, -0.2) is 42.6 Å². The molecule has 0 spiro atoms. The smallest absolute Gasteiger partial charge is 0.306 e. The summed E-state index contributed by atoms with van der Waals surface area (Å²) >= 11 is 0. The molecule has 0 bridgehead atoms. The number of pyridine rings is 1. The Morgan fingerprint density at radius 1 is 1.47 bits per heavy atom. The van der Waals surface area contributed by atoms with E-state index in [2.05, 4.69) is 10.3 Å². The molecule has 6 nitrogen and oxygen atoms in total. The van der Waals surface area contributed by atoms with Gasteiger partial charge in [0.25, 0.3) is 5.91 Å². The summed E-state index contributed by atoms with van der Waals surface area (Å²) in [6.07, 6.45) is 1.98. The number of aromatic nitrogens is 1. The zero-order chi connectivity index (χ0) is 14.4. The van der Waals surface area contributed by atoms with Gasteiger partial charge in [0, 0.05) is 32.4 Å². The number of rotatable bonds is 6. The molecule has 0 saturated carbocycles. The van der Waals surface area contributed by atoms with Gasteiger partial charge in [0.05, 0.1) is 5.92 Å². The molecule has 2 N–H and O–H groups in total. The summed E-state index contributed by atoms with van der Waals surface area (Å²) in [5, 5.41) is 11.4. The molecule has 1 aromatic rings. The van der Waals surface area contributed by atoms with Crippen molar-refractivity contribution in [1.82, 2.24) is 10.3 Å². The zero-order valence-electron chi connectivity index (χ0n) is 11.4. The lowest BCUT2D eigenvalue weighted by Gasteiger charge is -2.12. The molecular weight excluding hydrogens is 246 g/mol. The van der Waals surface area contributed by atoms with E-state index in [9.17, 15) is 9.59 Å². The number of nitrogens with zero attached hydrogens (tertiary/aromatic N) is 2. The average Bonchev–Trinajstić information content (AvgIpc) is 2.38. The van der Waals surface area contributed by atoms with Crippen LogP contribution in [0.5, 0.6) is 0 Å². The largest absolute Gasteiger partial charge is 0.481 e. The first kappa shape index (κ1) is 14.9. The molecule has 1 amide bonds. The van der Waals surface area contributed by atoms with Crippen LogP contribution in [-0.2, 0) is 4.79 Å². The van der Waals surface area contributed by atoms with Crippen molar-refractivity contribution in [3.63, 3.8) is 0 Å². The number of carboxylic acid groups (broad SMARTS) is 1. The van der Waals surface area contributed by atoms with Crippen molar-refractivity contribution in [3.8, 4) is 0 Å². The van der Waals surface area contributed by atoms with Crippen LogP contribution >= 0.6 is 0 Å². The van der Waals surface area contributed by atoms with Gasteiger partial charge in [0.15, 0.2) is 0 Å². The van der Waals surface area contributed by atoms with E-state index in [1.165, 1.54) is 0 Å². The summed E-state index contributed by atoms with van der Waals surface area (Å²) in [5.74, 6) is -0.835. The predicted octanol–water partition coefficient (Wildman–Crippen LogP) is 0.988. The number of hydrogen-bond acceptors (Lipinski definition) is 4. The third kappa shape index (κ3) is 4.57. The van der Waals surface area contributed by atoms with Crippen molar-refractivity contribution >= 4 is 17.7 Å². The molecule has 0 radical (unpaired) electrons. The minimum absolute atomic E-state index is 0.219. The van der Waals surface area contributed by atoms with Crippen molar-refractivity contribution in [2.45, 2.75) is 13.3 Å². The first-order chi connectivity index (χ1) is 8.91. The molecule has 1 atom stereocenters. The van der Waals surface area contributed by atoms with Crippen molar-refractivity contribution in [2.24, 2.45) is 5.92 Å². The fourth-order valence-electron chi connectivity index (χ4n) is 1.43. The van der Waals surface area contributed by atoms with E-state index in [0.717, 1.165) is 0 Å². The van der Waals surface area contributed by atoms with E-state index in [-0.39, 0.29) is 5.91 Å². The summed E-state index contributed by atoms with van der Waals surface area (Å²) in [7, 11) is 3.69. The monoisotopic (exact) mass is 265 g/mol. The summed E-state index contributed by atoms with van der Waals surface area (Å²) in [6.45, 7) is 1.96. The highest BCUT2D eigenvalue weighted by Crippen LogP contribution is 2.09. The maximum atomic E-state index is 11.9. The number of amides is 1. The van der Waals surface area contributed by atoms with Crippen LogP contribution in [0.15, 0.2) is 18.3 Å². The first-order valence-corrected chi connectivity index (χ1v) is 6.06. The van der Waals surface area contributed by atoms with Crippen molar-refractivity contribution in [1.29, 1.82) is 0 Å². The lowest BCUT2D eigenvalue weighted by Crippen LogP contribution is -2.27. The Kier molecular flexibility index (Phi) is 5.29. The number of anilines is 1. The van der Waals surface area contributed by atoms with Crippen LogP contribution < -0.4 is 10.2 Å². The topological polar surface area (TPSA) is 82.5 Å². The molecule has 1 rings (SSSR count). The van der Waals surface area contributed by atoms with Gasteiger partial charge in [-0.1, -0.05) is 6.92 Å². The van der Waals surface area contributed by atoms with Gasteiger partial charge >= 0.3 is 5.97 Å². The Balaban J connectivity index is 2.54. The standard InChI is InChI=1S/C13H19N3O3/c1-9(13(18)19)4-6-15-12(17)10-5-7-14-11(8-10)16(2)3/h5,7-9H,4,6H2,1-3H3,(H,15,17)(H,18,19). The van der Waals surface area contributed by atoms with E-state index in [1.54, 1.807) is 25.3 Å². The molecule has 104 valence electrons. The Morgan fingerprint density at radius 2 is 2.16 bits per heavy atom.